The second-order valence-corrected chi connectivity index (χ2v) is 12.0. The summed E-state index contributed by atoms with van der Waals surface area (Å²) in [5, 5.41) is 3.57. The molecule has 0 radical (unpaired) electrons. The summed E-state index contributed by atoms with van der Waals surface area (Å²) in [6.45, 7) is 2.07. The molecule has 0 aliphatic heterocycles. The Hall–Kier alpha value is -2.00. The van der Waals surface area contributed by atoms with Gasteiger partial charge in [-0.05, 0) is 67.1 Å². The van der Waals surface area contributed by atoms with Crippen molar-refractivity contribution in [2.45, 2.75) is 24.0 Å². The molecule has 0 bridgehead atoms. The van der Waals surface area contributed by atoms with Crippen molar-refractivity contribution in [2.24, 2.45) is 0 Å². The summed E-state index contributed by atoms with van der Waals surface area (Å²) in [7, 11) is -3.92. The fourth-order valence-electron chi connectivity index (χ4n) is 3.14. The van der Waals surface area contributed by atoms with Crippen LogP contribution in [0.2, 0.25) is 5.02 Å². The quantitative estimate of drug-likeness (QED) is 0.280. The second-order valence-electron chi connectivity index (χ2n) is 7.69. The van der Waals surface area contributed by atoms with Gasteiger partial charge in [0.05, 0.1) is 10.6 Å². The predicted molar refractivity (Wildman–Crippen MR) is 145 cm³/mol. The molecule has 9 heteroatoms. The number of thioether (sulfide) groups is 1. The molecule has 0 unspecified atom stereocenters. The molecule has 1 amide bonds. The molecule has 5 nitrogen and oxygen atoms in total. The van der Waals surface area contributed by atoms with E-state index in [0.717, 1.165) is 37.3 Å². The number of benzene rings is 3. The number of amides is 1. The summed E-state index contributed by atoms with van der Waals surface area (Å²) >= 11 is 11.1. The van der Waals surface area contributed by atoms with E-state index in [-0.39, 0.29) is 17.3 Å². The lowest BCUT2D eigenvalue weighted by molar-refractivity contribution is -0.119. The molecule has 0 heterocycles. The van der Waals surface area contributed by atoms with E-state index in [1.54, 1.807) is 54.2 Å². The highest BCUT2D eigenvalue weighted by molar-refractivity contribution is 9.10. The van der Waals surface area contributed by atoms with Gasteiger partial charge in [-0.1, -0.05) is 63.4 Å². The third-order valence-electron chi connectivity index (χ3n) is 4.96. The zero-order valence-corrected chi connectivity index (χ0v) is 22.7. The molecule has 3 rings (SSSR count). The van der Waals surface area contributed by atoms with E-state index in [2.05, 4.69) is 21.2 Å². The number of halogens is 2. The van der Waals surface area contributed by atoms with Crippen molar-refractivity contribution in [2.75, 3.05) is 23.1 Å². The van der Waals surface area contributed by atoms with Gasteiger partial charge in [-0.25, -0.2) is 8.42 Å². The van der Waals surface area contributed by atoms with Crippen LogP contribution in [0.5, 0.6) is 0 Å². The first-order valence-electron chi connectivity index (χ1n) is 10.7. The number of hydrogen-bond donors (Lipinski definition) is 1. The number of anilines is 1. The standard InChI is InChI=1S/C25H26BrClN2O3S2/c1-19-6-12-24(13-7-19)34(31,32)29(23-5-2-4-21(26)16-23)17-25(30)28-14-3-15-33-18-20-8-10-22(27)11-9-20/h2,4-13,16H,3,14-15,17-18H2,1H3,(H,28,30). The molecule has 0 aliphatic rings. The normalized spacial score (nSPS) is 11.3. The Morgan fingerprint density at radius 3 is 2.44 bits per heavy atom. The monoisotopic (exact) mass is 580 g/mol. The van der Waals surface area contributed by atoms with Crippen LogP contribution in [-0.2, 0) is 20.6 Å². The molecule has 3 aromatic carbocycles. The second kappa shape index (κ2) is 12.6. The van der Waals surface area contributed by atoms with Gasteiger partial charge in [-0.15, -0.1) is 0 Å². The van der Waals surface area contributed by atoms with Crippen molar-refractivity contribution >= 4 is 60.9 Å². The van der Waals surface area contributed by atoms with Gasteiger partial charge in [-0.2, -0.15) is 11.8 Å². The van der Waals surface area contributed by atoms with Crippen LogP contribution >= 0.6 is 39.3 Å². The molecule has 0 aliphatic carbocycles. The predicted octanol–water partition coefficient (Wildman–Crippen LogP) is 6.05. The smallest absolute Gasteiger partial charge is 0.264 e. The molecule has 0 spiro atoms. The molecule has 0 saturated carbocycles. The minimum Gasteiger partial charge on any atom is -0.354 e. The minimum absolute atomic E-state index is 0.143. The molecule has 0 fully saturated rings. The first-order valence-corrected chi connectivity index (χ1v) is 14.5. The average molecular weight is 582 g/mol. The number of carbonyl (C=O) groups is 1. The minimum atomic E-state index is -3.92. The lowest BCUT2D eigenvalue weighted by atomic mass is 10.2. The Kier molecular flexibility index (Phi) is 9.88. The van der Waals surface area contributed by atoms with Crippen LogP contribution in [-0.4, -0.2) is 33.2 Å². The number of sulfonamides is 1. The zero-order chi connectivity index (χ0) is 24.6. The molecular weight excluding hydrogens is 556 g/mol. The van der Waals surface area contributed by atoms with E-state index in [4.69, 9.17) is 11.6 Å². The Balaban J connectivity index is 1.58. The first kappa shape index (κ1) is 26.6. The highest BCUT2D eigenvalue weighted by Gasteiger charge is 2.27. The van der Waals surface area contributed by atoms with Crippen molar-refractivity contribution < 1.29 is 13.2 Å². The maximum atomic E-state index is 13.4. The van der Waals surface area contributed by atoms with Gasteiger partial charge in [0.15, 0.2) is 0 Å². The van der Waals surface area contributed by atoms with Gasteiger partial charge in [0, 0.05) is 21.8 Å². The summed E-state index contributed by atoms with van der Waals surface area (Å²) in [5.41, 5.74) is 2.58. The van der Waals surface area contributed by atoms with Crippen molar-refractivity contribution in [3.8, 4) is 0 Å². The van der Waals surface area contributed by atoms with Crippen molar-refractivity contribution in [3.05, 3.63) is 93.4 Å². The maximum absolute atomic E-state index is 13.4. The zero-order valence-electron chi connectivity index (χ0n) is 18.7. The van der Waals surface area contributed by atoms with Crippen LogP contribution in [0.4, 0.5) is 5.69 Å². The number of carbonyl (C=O) groups excluding carboxylic acids is 1. The first-order chi connectivity index (χ1) is 16.3. The van der Waals surface area contributed by atoms with Crippen LogP contribution in [0.1, 0.15) is 17.5 Å². The van der Waals surface area contributed by atoms with Gasteiger partial charge >= 0.3 is 0 Å². The Morgan fingerprint density at radius 2 is 1.76 bits per heavy atom. The van der Waals surface area contributed by atoms with E-state index >= 15 is 0 Å². The number of nitrogens with zero attached hydrogens (tertiary/aromatic N) is 1. The van der Waals surface area contributed by atoms with E-state index in [1.807, 2.05) is 37.3 Å². The van der Waals surface area contributed by atoms with Crippen LogP contribution in [0.15, 0.2) is 82.2 Å². The highest BCUT2D eigenvalue weighted by atomic mass is 79.9. The van der Waals surface area contributed by atoms with E-state index in [0.29, 0.717) is 12.2 Å². The largest absolute Gasteiger partial charge is 0.354 e. The van der Waals surface area contributed by atoms with Gasteiger partial charge in [0.25, 0.3) is 10.0 Å². The van der Waals surface area contributed by atoms with Crippen molar-refractivity contribution in [1.29, 1.82) is 0 Å². The Morgan fingerprint density at radius 1 is 1.06 bits per heavy atom. The number of aryl methyl sites for hydroxylation is 1. The number of rotatable bonds is 11. The number of hydrogen-bond acceptors (Lipinski definition) is 4. The third kappa shape index (κ3) is 7.77. The summed E-state index contributed by atoms with van der Waals surface area (Å²) in [6.07, 6.45) is 0.783. The van der Waals surface area contributed by atoms with Gasteiger partial charge < -0.3 is 5.32 Å². The van der Waals surface area contributed by atoms with E-state index in [1.165, 1.54) is 5.56 Å². The number of nitrogens with one attached hydrogen (secondary N) is 1. The SMILES string of the molecule is Cc1ccc(S(=O)(=O)N(CC(=O)NCCCSCc2ccc(Cl)cc2)c2cccc(Br)c2)cc1. The van der Waals surface area contributed by atoms with Crippen LogP contribution in [0.3, 0.4) is 0 Å². The van der Waals surface area contributed by atoms with E-state index < -0.39 is 10.0 Å². The molecule has 1 N–H and O–H groups in total. The molecule has 34 heavy (non-hydrogen) atoms. The Labute approximate surface area is 219 Å². The van der Waals surface area contributed by atoms with Crippen molar-refractivity contribution in [1.82, 2.24) is 5.32 Å². The van der Waals surface area contributed by atoms with Crippen molar-refractivity contribution in [3.63, 3.8) is 0 Å². The fraction of sp³-hybridized carbons (Fsp3) is 0.240. The van der Waals surface area contributed by atoms with E-state index in [9.17, 15) is 13.2 Å². The molecule has 0 saturated heterocycles. The summed E-state index contributed by atoms with van der Waals surface area (Å²) in [6, 6.07) is 21.3. The molecule has 0 atom stereocenters. The molecule has 0 aromatic heterocycles. The maximum Gasteiger partial charge on any atom is 0.264 e. The Bertz CT molecular complexity index is 1200. The van der Waals surface area contributed by atoms with Gasteiger partial charge in [0.2, 0.25) is 5.91 Å². The van der Waals surface area contributed by atoms with Gasteiger partial charge in [-0.3, -0.25) is 9.10 Å². The third-order valence-corrected chi connectivity index (χ3v) is 8.61. The molecule has 180 valence electrons. The highest BCUT2D eigenvalue weighted by Crippen LogP contribution is 2.26. The van der Waals surface area contributed by atoms with Crippen LogP contribution in [0.25, 0.3) is 0 Å². The van der Waals surface area contributed by atoms with Crippen LogP contribution in [0, 0.1) is 6.92 Å². The van der Waals surface area contributed by atoms with Gasteiger partial charge in [0.1, 0.15) is 6.54 Å². The summed E-state index contributed by atoms with van der Waals surface area (Å²) in [4.78, 5) is 12.8. The molecular formula is C25H26BrClN2O3S2. The lowest BCUT2D eigenvalue weighted by Gasteiger charge is -2.24. The topological polar surface area (TPSA) is 66.5 Å². The molecule has 3 aromatic rings. The summed E-state index contributed by atoms with van der Waals surface area (Å²) < 4.78 is 28.6. The van der Waals surface area contributed by atoms with Crippen LogP contribution < -0.4 is 9.62 Å². The lowest BCUT2D eigenvalue weighted by Crippen LogP contribution is -2.41. The fourth-order valence-corrected chi connectivity index (χ4v) is 5.99. The average Bonchev–Trinajstić information content (AvgIpc) is 2.81. The summed E-state index contributed by atoms with van der Waals surface area (Å²) in [5.74, 6) is 1.40.